The summed E-state index contributed by atoms with van der Waals surface area (Å²) in [5.74, 6) is 0.249. The van der Waals surface area contributed by atoms with E-state index in [1.165, 1.54) is 11.3 Å². The third-order valence-electron chi connectivity index (χ3n) is 6.05. The van der Waals surface area contributed by atoms with E-state index in [1.807, 2.05) is 53.4 Å². The number of hydrazone groups is 1. The molecule has 1 atom stereocenters. The van der Waals surface area contributed by atoms with Gasteiger partial charge >= 0.3 is 0 Å². The van der Waals surface area contributed by atoms with Gasteiger partial charge in [-0.3, -0.25) is 4.79 Å². The van der Waals surface area contributed by atoms with Crippen molar-refractivity contribution in [3.05, 3.63) is 83.7 Å². The van der Waals surface area contributed by atoms with Crippen molar-refractivity contribution in [3.8, 4) is 5.69 Å². The van der Waals surface area contributed by atoms with E-state index in [9.17, 15) is 4.79 Å². The zero-order chi connectivity index (χ0) is 21.3. The Bertz CT molecular complexity index is 1080. The minimum absolute atomic E-state index is 0.144. The number of carbonyl (C=O) groups is 1. The van der Waals surface area contributed by atoms with E-state index in [0.29, 0.717) is 11.5 Å². The van der Waals surface area contributed by atoms with Gasteiger partial charge in [-0.05, 0) is 79.8 Å². The van der Waals surface area contributed by atoms with Crippen molar-refractivity contribution in [2.45, 2.75) is 38.6 Å². The van der Waals surface area contributed by atoms with Crippen molar-refractivity contribution in [1.82, 2.24) is 9.99 Å². The predicted molar refractivity (Wildman–Crippen MR) is 123 cm³/mol. The van der Waals surface area contributed by atoms with Crippen molar-refractivity contribution in [2.24, 2.45) is 5.10 Å². The fourth-order valence-electron chi connectivity index (χ4n) is 4.22. The highest BCUT2D eigenvalue weighted by Gasteiger charge is 2.33. The highest BCUT2D eigenvalue weighted by molar-refractivity contribution is 5.95. The molecule has 0 bridgehead atoms. The third kappa shape index (κ3) is 3.88. The van der Waals surface area contributed by atoms with Crippen molar-refractivity contribution >= 4 is 17.8 Å². The highest BCUT2D eigenvalue weighted by Crippen LogP contribution is 2.42. The lowest BCUT2D eigenvalue weighted by atomic mass is 9.80. The maximum absolute atomic E-state index is 12.5. The molecule has 154 valence electrons. The van der Waals surface area contributed by atoms with Gasteiger partial charge in [-0.15, -0.1) is 0 Å². The van der Waals surface area contributed by atoms with Crippen LogP contribution in [-0.4, -0.2) is 29.3 Å². The molecule has 0 saturated heterocycles. The smallest absolute Gasteiger partial charge is 0.271 e. The standard InChI is InChI=1S/C25H28N4O/c1-18-16-25(2,3)28(4)23-11-10-19(14-22(18)23)17-26-27-24(30)20-8-7-9-21(15-20)29-12-5-6-13-29/h5-15,17-18H,16H2,1-4H3,(H,27,30)/b26-17+. The number of rotatable bonds is 4. The number of hydrogen-bond acceptors (Lipinski definition) is 3. The Morgan fingerprint density at radius 2 is 1.90 bits per heavy atom. The van der Waals surface area contributed by atoms with Gasteiger partial charge in [0.25, 0.3) is 5.91 Å². The normalized spacial score (nSPS) is 17.7. The minimum atomic E-state index is -0.229. The lowest BCUT2D eigenvalue weighted by molar-refractivity contribution is 0.0955. The first-order valence-electron chi connectivity index (χ1n) is 10.3. The largest absolute Gasteiger partial charge is 0.369 e. The van der Waals surface area contributed by atoms with E-state index in [-0.39, 0.29) is 11.4 Å². The Hall–Kier alpha value is -3.34. The van der Waals surface area contributed by atoms with E-state index in [1.54, 1.807) is 12.3 Å². The van der Waals surface area contributed by atoms with Gasteiger partial charge in [0.1, 0.15) is 0 Å². The maximum atomic E-state index is 12.5. The van der Waals surface area contributed by atoms with Crippen molar-refractivity contribution in [3.63, 3.8) is 0 Å². The molecule has 1 N–H and O–H groups in total. The lowest BCUT2D eigenvalue weighted by Gasteiger charge is -2.45. The van der Waals surface area contributed by atoms with E-state index in [4.69, 9.17) is 0 Å². The second-order valence-electron chi connectivity index (χ2n) is 8.63. The summed E-state index contributed by atoms with van der Waals surface area (Å²) in [6, 6.07) is 17.8. The monoisotopic (exact) mass is 400 g/mol. The van der Waals surface area contributed by atoms with Crippen LogP contribution in [0, 0.1) is 0 Å². The van der Waals surface area contributed by atoms with Crippen LogP contribution in [0.5, 0.6) is 0 Å². The summed E-state index contributed by atoms with van der Waals surface area (Å²) >= 11 is 0. The highest BCUT2D eigenvalue weighted by atomic mass is 16.2. The maximum Gasteiger partial charge on any atom is 0.271 e. The Kier molecular flexibility index (Phi) is 5.20. The molecular weight excluding hydrogens is 372 g/mol. The van der Waals surface area contributed by atoms with E-state index in [2.05, 4.69) is 55.4 Å². The molecule has 4 rings (SSSR count). The quantitative estimate of drug-likeness (QED) is 0.497. The molecule has 1 unspecified atom stereocenters. The predicted octanol–water partition coefficient (Wildman–Crippen LogP) is 4.96. The first-order valence-corrected chi connectivity index (χ1v) is 10.3. The molecular formula is C25H28N4O. The van der Waals surface area contributed by atoms with Gasteiger partial charge in [0.05, 0.1) is 6.21 Å². The molecule has 5 heteroatoms. The number of anilines is 1. The lowest BCUT2D eigenvalue weighted by Crippen LogP contribution is -2.45. The molecule has 3 aromatic rings. The molecule has 0 fully saturated rings. The molecule has 0 spiro atoms. The van der Waals surface area contributed by atoms with Gasteiger partial charge in [0, 0.05) is 41.9 Å². The van der Waals surface area contributed by atoms with Crippen LogP contribution in [0.15, 0.2) is 72.1 Å². The average Bonchev–Trinajstić information content (AvgIpc) is 3.27. The molecule has 0 aliphatic carbocycles. The molecule has 1 aliphatic heterocycles. The summed E-state index contributed by atoms with van der Waals surface area (Å²) in [6.45, 7) is 6.83. The van der Waals surface area contributed by atoms with E-state index in [0.717, 1.165) is 17.7 Å². The van der Waals surface area contributed by atoms with Crippen LogP contribution in [-0.2, 0) is 0 Å². The Balaban J connectivity index is 1.47. The first kappa shape index (κ1) is 20.0. The fraction of sp³-hybridized carbons (Fsp3) is 0.280. The second kappa shape index (κ2) is 7.82. The molecule has 1 aromatic heterocycles. The minimum Gasteiger partial charge on any atom is -0.369 e. The fourth-order valence-corrected chi connectivity index (χ4v) is 4.22. The van der Waals surface area contributed by atoms with Crippen LogP contribution in [0.25, 0.3) is 5.69 Å². The molecule has 1 aliphatic rings. The van der Waals surface area contributed by atoms with Gasteiger partial charge in [0.2, 0.25) is 0 Å². The van der Waals surface area contributed by atoms with Crippen LogP contribution in [0.1, 0.15) is 54.6 Å². The SMILES string of the molecule is CC1CC(C)(C)N(C)c2ccc(/C=N/NC(=O)c3cccc(-n4cccc4)c3)cc21. The second-order valence-corrected chi connectivity index (χ2v) is 8.63. The van der Waals surface area contributed by atoms with Crippen LogP contribution in [0.4, 0.5) is 5.69 Å². The van der Waals surface area contributed by atoms with E-state index >= 15 is 0 Å². The number of fused-ring (bicyclic) bond motifs is 1. The zero-order valence-electron chi connectivity index (χ0n) is 18.0. The van der Waals surface area contributed by atoms with Crippen molar-refractivity contribution < 1.29 is 4.79 Å². The number of nitrogens with one attached hydrogen (secondary N) is 1. The zero-order valence-corrected chi connectivity index (χ0v) is 18.0. The van der Waals surface area contributed by atoms with Crippen LogP contribution < -0.4 is 10.3 Å². The van der Waals surface area contributed by atoms with Crippen LogP contribution >= 0.6 is 0 Å². The third-order valence-corrected chi connectivity index (χ3v) is 6.05. The van der Waals surface area contributed by atoms with Crippen molar-refractivity contribution in [2.75, 3.05) is 11.9 Å². The van der Waals surface area contributed by atoms with E-state index < -0.39 is 0 Å². The average molecular weight is 401 g/mol. The van der Waals surface area contributed by atoms with Crippen LogP contribution in [0.3, 0.4) is 0 Å². The first-order chi connectivity index (χ1) is 14.3. The van der Waals surface area contributed by atoms with Crippen LogP contribution in [0.2, 0.25) is 0 Å². The summed E-state index contributed by atoms with van der Waals surface area (Å²) in [6.07, 6.45) is 6.71. The number of aromatic nitrogens is 1. The summed E-state index contributed by atoms with van der Waals surface area (Å²) in [7, 11) is 2.15. The molecule has 5 nitrogen and oxygen atoms in total. The van der Waals surface area contributed by atoms with Gasteiger partial charge in [-0.1, -0.05) is 19.1 Å². The molecule has 1 amide bonds. The topological polar surface area (TPSA) is 49.6 Å². The van der Waals surface area contributed by atoms with Gasteiger partial charge in [-0.25, -0.2) is 5.43 Å². The Labute approximate surface area is 178 Å². The summed E-state index contributed by atoms with van der Waals surface area (Å²) in [5, 5.41) is 4.19. The number of hydrogen-bond donors (Lipinski definition) is 1. The van der Waals surface area contributed by atoms with Gasteiger partial charge < -0.3 is 9.47 Å². The van der Waals surface area contributed by atoms with Gasteiger partial charge in [0.15, 0.2) is 0 Å². The number of carbonyl (C=O) groups excluding carboxylic acids is 1. The summed E-state index contributed by atoms with van der Waals surface area (Å²) in [4.78, 5) is 14.9. The Morgan fingerprint density at radius 1 is 1.13 bits per heavy atom. The summed E-state index contributed by atoms with van der Waals surface area (Å²) in [5.41, 5.74) is 7.87. The van der Waals surface area contributed by atoms with Crippen molar-refractivity contribution in [1.29, 1.82) is 0 Å². The number of amides is 1. The number of nitrogens with zero attached hydrogens (tertiary/aromatic N) is 3. The molecule has 0 radical (unpaired) electrons. The molecule has 2 heterocycles. The summed E-state index contributed by atoms with van der Waals surface area (Å²) < 4.78 is 1.96. The number of benzene rings is 2. The Morgan fingerprint density at radius 3 is 2.67 bits per heavy atom. The molecule has 2 aromatic carbocycles. The molecule has 0 saturated carbocycles. The molecule has 30 heavy (non-hydrogen) atoms. The van der Waals surface area contributed by atoms with Gasteiger partial charge in [-0.2, -0.15) is 5.10 Å².